The van der Waals surface area contributed by atoms with Crippen LogP contribution in [-0.2, 0) is 11.3 Å². The van der Waals surface area contributed by atoms with Crippen LogP contribution in [0.1, 0.15) is 26.2 Å². The van der Waals surface area contributed by atoms with E-state index in [0.29, 0.717) is 56.0 Å². The molecule has 0 aliphatic carbocycles. The van der Waals surface area contributed by atoms with E-state index in [1.54, 1.807) is 17.0 Å². The molecule has 156 valence electrons. The van der Waals surface area contributed by atoms with Gasteiger partial charge in [0, 0.05) is 43.9 Å². The summed E-state index contributed by atoms with van der Waals surface area (Å²) in [7, 11) is 0. The number of ether oxygens (including phenoxy) is 1. The van der Waals surface area contributed by atoms with E-state index < -0.39 is 4.92 Å². The fraction of sp³-hybridized carbons (Fsp3) is 0.526. The van der Waals surface area contributed by atoms with E-state index in [9.17, 15) is 14.9 Å². The van der Waals surface area contributed by atoms with E-state index >= 15 is 0 Å². The van der Waals surface area contributed by atoms with Gasteiger partial charge in [0.2, 0.25) is 11.7 Å². The lowest BCUT2D eigenvalue weighted by atomic mass is 10.2. The Labute approximate surface area is 168 Å². The topological polar surface area (TPSA) is 115 Å². The lowest BCUT2D eigenvalue weighted by Gasteiger charge is -2.21. The number of non-ortho nitro benzene ring substituents is 1. The molecule has 1 amide bonds. The van der Waals surface area contributed by atoms with Crippen LogP contribution in [0.5, 0.6) is 0 Å². The van der Waals surface area contributed by atoms with Gasteiger partial charge in [-0.05, 0) is 12.3 Å². The zero-order chi connectivity index (χ0) is 20.8. The minimum atomic E-state index is -0.459. The molecule has 1 aromatic carbocycles. The maximum absolute atomic E-state index is 12.2. The molecule has 29 heavy (non-hydrogen) atoms. The first-order chi connectivity index (χ1) is 13.9. The Morgan fingerprint density at radius 2 is 2.14 bits per heavy atom. The third kappa shape index (κ3) is 5.74. The third-order valence-corrected chi connectivity index (χ3v) is 4.53. The predicted octanol–water partition coefficient (Wildman–Crippen LogP) is 2.95. The first-order valence-electron chi connectivity index (χ1n) is 9.64. The third-order valence-electron chi connectivity index (χ3n) is 4.53. The van der Waals surface area contributed by atoms with Gasteiger partial charge in [0.1, 0.15) is 0 Å². The Balaban J connectivity index is 1.57. The Hall–Kier alpha value is -3.01. The molecule has 0 saturated carbocycles. The number of carbonyl (C=O) groups is 1. The summed E-state index contributed by atoms with van der Waals surface area (Å²) in [5.74, 6) is 1.06. The van der Waals surface area contributed by atoms with Crippen LogP contribution in [0.15, 0.2) is 28.8 Å². The van der Waals surface area contributed by atoms with Gasteiger partial charge in [0.05, 0.1) is 18.1 Å². The molecule has 0 spiro atoms. The van der Waals surface area contributed by atoms with Crippen molar-refractivity contribution in [2.24, 2.45) is 5.92 Å². The van der Waals surface area contributed by atoms with Crippen LogP contribution >= 0.6 is 0 Å². The molecule has 1 fully saturated rings. The Morgan fingerprint density at radius 3 is 2.90 bits per heavy atom. The van der Waals surface area contributed by atoms with E-state index in [1.807, 2.05) is 13.8 Å². The van der Waals surface area contributed by atoms with E-state index in [0.717, 1.165) is 13.0 Å². The van der Waals surface area contributed by atoms with Crippen molar-refractivity contribution in [1.82, 2.24) is 19.9 Å². The molecule has 3 rings (SSSR count). The summed E-state index contributed by atoms with van der Waals surface area (Å²) in [5, 5.41) is 14.9. The molecule has 0 bridgehead atoms. The summed E-state index contributed by atoms with van der Waals surface area (Å²) in [6.07, 6.45) is 0.550. The Bertz CT molecular complexity index is 853. The Kier molecular flexibility index (Phi) is 6.76. The number of hydrogen-bond donors (Lipinski definition) is 0. The Morgan fingerprint density at radius 1 is 1.31 bits per heavy atom. The molecule has 1 aliphatic rings. The molecule has 1 aliphatic heterocycles. The summed E-state index contributed by atoms with van der Waals surface area (Å²) >= 11 is 0. The number of nitro groups is 1. The van der Waals surface area contributed by atoms with Crippen molar-refractivity contribution in [3.8, 4) is 11.4 Å². The fourth-order valence-corrected chi connectivity index (χ4v) is 3.03. The first-order valence-corrected chi connectivity index (χ1v) is 9.64. The largest absolute Gasteiger partial charge is 0.449 e. The molecule has 0 atom stereocenters. The minimum Gasteiger partial charge on any atom is -0.449 e. The summed E-state index contributed by atoms with van der Waals surface area (Å²) in [5.41, 5.74) is 0.509. The second-order valence-corrected chi connectivity index (χ2v) is 7.41. The monoisotopic (exact) mass is 403 g/mol. The van der Waals surface area contributed by atoms with Gasteiger partial charge in [0.15, 0.2) is 0 Å². The van der Waals surface area contributed by atoms with Gasteiger partial charge in [-0.3, -0.25) is 15.0 Å². The number of carbonyl (C=O) groups excluding carboxylic acids is 1. The SMILES string of the molecule is CC(C)COC(=O)N1CCCN(Cc2nc(-c3cccc([N+](=O)[O-])c3)no2)CC1. The van der Waals surface area contributed by atoms with Crippen molar-refractivity contribution in [2.75, 3.05) is 32.8 Å². The zero-order valence-electron chi connectivity index (χ0n) is 16.6. The summed E-state index contributed by atoms with van der Waals surface area (Å²) in [6, 6.07) is 6.13. The number of nitrogens with zero attached hydrogens (tertiary/aromatic N) is 5. The number of rotatable bonds is 6. The van der Waals surface area contributed by atoms with Crippen LogP contribution in [0.3, 0.4) is 0 Å². The quantitative estimate of drug-likeness (QED) is 0.534. The molecule has 2 heterocycles. The zero-order valence-corrected chi connectivity index (χ0v) is 16.6. The maximum atomic E-state index is 12.2. The lowest BCUT2D eigenvalue weighted by molar-refractivity contribution is -0.384. The average Bonchev–Trinajstić information content (AvgIpc) is 3.04. The molecule has 10 nitrogen and oxygen atoms in total. The lowest BCUT2D eigenvalue weighted by Crippen LogP contribution is -2.36. The van der Waals surface area contributed by atoms with E-state index in [2.05, 4.69) is 15.0 Å². The molecule has 0 unspecified atom stereocenters. The van der Waals surface area contributed by atoms with E-state index in [-0.39, 0.29) is 11.8 Å². The van der Waals surface area contributed by atoms with Gasteiger partial charge < -0.3 is 14.2 Å². The minimum absolute atomic E-state index is 0.0224. The van der Waals surface area contributed by atoms with Crippen LogP contribution < -0.4 is 0 Å². The average molecular weight is 403 g/mol. The molecule has 1 aromatic heterocycles. The second kappa shape index (κ2) is 9.46. The maximum Gasteiger partial charge on any atom is 0.409 e. The van der Waals surface area contributed by atoms with Crippen molar-refractivity contribution in [2.45, 2.75) is 26.8 Å². The summed E-state index contributed by atoms with van der Waals surface area (Å²) in [6.45, 7) is 7.57. The van der Waals surface area contributed by atoms with Gasteiger partial charge in [0.25, 0.3) is 5.69 Å². The van der Waals surface area contributed by atoms with Gasteiger partial charge in [-0.1, -0.05) is 31.1 Å². The highest BCUT2D eigenvalue weighted by atomic mass is 16.6. The van der Waals surface area contributed by atoms with Crippen molar-refractivity contribution in [1.29, 1.82) is 0 Å². The smallest absolute Gasteiger partial charge is 0.409 e. The fourth-order valence-electron chi connectivity index (χ4n) is 3.03. The summed E-state index contributed by atoms with van der Waals surface area (Å²) < 4.78 is 10.6. The van der Waals surface area contributed by atoms with E-state index in [4.69, 9.17) is 9.26 Å². The number of amides is 1. The van der Waals surface area contributed by atoms with Gasteiger partial charge >= 0.3 is 6.09 Å². The highest BCUT2D eigenvalue weighted by Gasteiger charge is 2.22. The molecular weight excluding hydrogens is 378 g/mol. The van der Waals surface area contributed by atoms with Crippen molar-refractivity contribution >= 4 is 11.8 Å². The normalized spacial score (nSPS) is 15.3. The van der Waals surface area contributed by atoms with Gasteiger partial charge in [-0.15, -0.1) is 0 Å². The number of hydrogen-bond acceptors (Lipinski definition) is 8. The van der Waals surface area contributed by atoms with Crippen molar-refractivity contribution in [3.63, 3.8) is 0 Å². The number of benzene rings is 1. The van der Waals surface area contributed by atoms with Crippen molar-refractivity contribution < 1.29 is 19.0 Å². The molecule has 0 radical (unpaired) electrons. The van der Waals surface area contributed by atoms with Gasteiger partial charge in [-0.25, -0.2) is 4.79 Å². The molecular formula is C19H25N5O5. The molecule has 10 heteroatoms. The first kappa shape index (κ1) is 20.7. The number of nitro benzene ring substituents is 1. The van der Waals surface area contributed by atoms with Crippen LogP contribution in [0.2, 0.25) is 0 Å². The summed E-state index contributed by atoms with van der Waals surface area (Å²) in [4.78, 5) is 30.9. The molecule has 1 saturated heterocycles. The van der Waals surface area contributed by atoms with Gasteiger partial charge in [-0.2, -0.15) is 4.98 Å². The predicted molar refractivity (Wildman–Crippen MR) is 104 cm³/mol. The molecule has 2 aromatic rings. The highest BCUT2D eigenvalue weighted by Crippen LogP contribution is 2.21. The standard InChI is InChI=1S/C19H25N5O5/c1-14(2)13-28-19(25)23-8-4-7-22(9-10-23)12-17-20-18(21-29-17)15-5-3-6-16(11-15)24(26)27/h3,5-6,11,14H,4,7-10,12-13H2,1-2H3. The van der Waals surface area contributed by atoms with E-state index in [1.165, 1.54) is 12.1 Å². The van der Waals surface area contributed by atoms with Crippen LogP contribution in [0, 0.1) is 16.0 Å². The van der Waals surface area contributed by atoms with Crippen LogP contribution in [0.25, 0.3) is 11.4 Å². The van der Waals surface area contributed by atoms with Crippen LogP contribution in [0.4, 0.5) is 10.5 Å². The van der Waals surface area contributed by atoms with Crippen LogP contribution in [-0.4, -0.2) is 63.7 Å². The second-order valence-electron chi connectivity index (χ2n) is 7.41. The highest BCUT2D eigenvalue weighted by molar-refractivity contribution is 5.67. The number of aromatic nitrogens is 2. The van der Waals surface area contributed by atoms with Crippen molar-refractivity contribution in [3.05, 3.63) is 40.3 Å². The molecule has 0 N–H and O–H groups in total.